The zero-order valence-electron chi connectivity index (χ0n) is 14.3. The standard InChI is InChI=1S/C18H28N2O3/c1-13-7-4-5-9-17(13)23-14(2)11-19-18(22)20-10-6-8-16(12-20)15(3)21/h4-5,7,9,14-16,21H,6,8,10-12H2,1-3H3,(H,19,22). The number of carbonyl (C=O) groups is 1. The Bertz CT molecular complexity index is 519. The molecule has 0 spiro atoms. The molecule has 2 rings (SSSR count). The minimum Gasteiger partial charge on any atom is -0.489 e. The molecule has 3 unspecified atom stereocenters. The van der Waals surface area contributed by atoms with E-state index in [1.807, 2.05) is 38.1 Å². The van der Waals surface area contributed by atoms with E-state index < -0.39 is 0 Å². The van der Waals surface area contributed by atoms with E-state index >= 15 is 0 Å². The molecular formula is C18H28N2O3. The van der Waals surface area contributed by atoms with Crippen LogP contribution in [0.2, 0.25) is 0 Å². The Morgan fingerprint density at radius 1 is 1.43 bits per heavy atom. The molecule has 0 radical (unpaired) electrons. The van der Waals surface area contributed by atoms with Gasteiger partial charge in [-0.25, -0.2) is 4.79 Å². The maximum atomic E-state index is 12.3. The molecule has 1 aliphatic rings. The monoisotopic (exact) mass is 320 g/mol. The summed E-state index contributed by atoms with van der Waals surface area (Å²) in [4.78, 5) is 14.1. The number of carbonyl (C=O) groups excluding carboxylic acids is 1. The fourth-order valence-corrected chi connectivity index (χ4v) is 2.88. The lowest BCUT2D eigenvalue weighted by atomic mass is 9.94. The maximum Gasteiger partial charge on any atom is 0.317 e. The Kier molecular flexibility index (Phi) is 6.28. The Morgan fingerprint density at radius 2 is 2.17 bits per heavy atom. The minimum atomic E-state index is -0.367. The van der Waals surface area contributed by atoms with Crippen molar-refractivity contribution in [3.8, 4) is 5.75 Å². The van der Waals surface area contributed by atoms with Crippen LogP contribution in [0.3, 0.4) is 0 Å². The third kappa shape index (κ3) is 5.13. The number of likely N-dealkylation sites (tertiary alicyclic amines) is 1. The summed E-state index contributed by atoms with van der Waals surface area (Å²) < 4.78 is 5.87. The number of ether oxygens (including phenoxy) is 1. The molecule has 0 saturated carbocycles. The number of aryl methyl sites for hydroxylation is 1. The summed E-state index contributed by atoms with van der Waals surface area (Å²) in [5.41, 5.74) is 1.08. The van der Waals surface area contributed by atoms with E-state index in [0.717, 1.165) is 30.7 Å². The van der Waals surface area contributed by atoms with Crippen LogP contribution < -0.4 is 10.1 Å². The van der Waals surface area contributed by atoms with E-state index in [1.165, 1.54) is 0 Å². The van der Waals surface area contributed by atoms with Gasteiger partial charge in [-0.05, 0) is 45.2 Å². The summed E-state index contributed by atoms with van der Waals surface area (Å²) in [6, 6.07) is 7.78. The van der Waals surface area contributed by atoms with Crippen molar-refractivity contribution in [2.45, 2.75) is 45.8 Å². The van der Waals surface area contributed by atoms with Crippen LogP contribution in [-0.4, -0.2) is 47.9 Å². The quantitative estimate of drug-likeness (QED) is 0.876. The van der Waals surface area contributed by atoms with E-state index in [9.17, 15) is 9.90 Å². The average molecular weight is 320 g/mol. The first-order valence-electron chi connectivity index (χ1n) is 8.40. The second-order valence-electron chi connectivity index (χ2n) is 6.47. The highest BCUT2D eigenvalue weighted by Gasteiger charge is 2.26. The predicted molar refractivity (Wildman–Crippen MR) is 90.6 cm³/mol. The Hall–Kier alpha value is -1.75. The molecule has 0 bridgehead atoms. The van der Waals surface area contributed by atoms with Gasteiger partial charge in [0.2, 0.25) is 0 Å². The smallest absolute Gasteiger partial charge is 0.317 e. The number of piperidine rings is 1. The van der Waals surface area contributed by atoms with Crippen LogP contribution in [-0.2, 0) is 0 Å². The number of rotatable bonds is 5. The van der Waals surface area contributed by atoms with Gasteiger partial charge in [0, 0.05) is 19.0 Å². The molecular weight excluding hydrogens is 292 g/mol. The van der Waals surface area contributed by atoms with Crippen molar-refractivity contribution < 1.29 is 14.6 Å². The van der Waals surface area contributed by atoms with Crippen LogP contribution >= 0.6 is 0 Å². The van der Waals surface area contributed by atoms with Gasteiger partial charge in [-0.2, -0.15) is 0 Å². The second-order valence-corrected chi connectivity index (χ2v) is 6.47. The minimum absolute atomic E-state index is 0.0735. The Labute approximate surface area is 138 Å². The molecule has 23 heavy (non-hydrogen) atoms. The topological polar surface area (TPSA) is 61.8 Å². The van der Waals surface area contributed by atoms with E-state index in [-0.39, 0.29) is 24.2 Å². The lowest BCUT2D eigenvalue weighted by Gasteiger charge is -2.34. The zero-order chi connectivity index (χ0) is 16.8. The Morgan fingerprint density at radius 3 is 2.87 bits per heavy atom. The van der Waals surface area contributed by atoms with Crippen LogP contribution in [0.1, 0.15) is 32.3 Å². The number of benzene rings is 1. The molecule has 1 heterocycles. The number of hydrogen-bond acceptors (Lipinski definition) is 3. The number of aliphatic hydroxyl groups is 1. The molecule has 0 aliphatic carbocycles. The van der Waals surface area contributed by atoms with Crippen LogP contribution in [0.5, 0.6) is 5.75 Å². The van der Waals surface area contributed by atoms with E-state index in [2.05, 4.69) is 5.32 Å². The molecule has 3 atom stereocenters. The number of aliphatic hydroxyl groups excluding tert-OH is 1. The van der Waals surface area contributed by atoms with Crippen LogP contribution in [0.4, 0.5) is 4.79 Å². The first kappa shape index (κ1) is 17.6. The summed E-state index contributed by atoms with van der Waals surface area (Å²) in [5.74, 6) is 1.02. The first-order chi connectivity index (χ1) is 11.0. The van der Waals surface area contributed by atoms with Crippen molar-refractivity contribution >= 4 is 6.03 Å². The van der Waals surface area contributed by atoms with Crippen LogP contribution in [0, 0.1) is 12.8 Å². The zero-order valence-corrected chi connectivity index (χ0v) is 14.3. The van der Waals surface area contributed by atoms with Gasteiger partial charge in [0.15, 0.2) is 0 Å². The Balaban J connectivity index is 1.78. The molecule has 1 aliphatic heterocycles. The van der Waals surface area contributed by atoms with Crippen LogP contribution in [0.15, 0.2) is 24.3 Å². The number of para-hydroxylation sites is 1. The molecule has 128 valence electrons. The molecule has 5 heteroatoms. The summed E-state index contributed by atoms with van der Waals surface area (Å²) in [5, 5.41) is 12.6. The highest BCUT2D eigenvalue weighted by molar-refractivity contribution is 5.74. The fourth-order valence-electron chi connectivity index (χ4n) is 2.88. The van der Waals surface area contributed by atoms with Gasteiger partial charge in [0.1, 0.15) is 11.9 Å². The van der Waals surface area contributed by atoms with E-state index in [0.29, 0.717) is 13.1 Å². The van der Waals surface area contributed by atoms with Gasteiger partial charge in [-0.15, -0.1) is 0 Å². The number of nitrogens with one attached hydrogen (secondary N) is 1. The van der Waals surface area contributed by atoms with Gasteiger partial charge >= 0.3 is 6.03 Å². The number of amides is 2. The third-order valence-electron chi connectivity index (χ3n) is 4.39. The summed E-state index contributed by atoms with van der Waals surface area (Å²) in [6.07, 6.45) is 1.46. The second kappa shape index (κ2) is 8.20. The first-order valence-corrected chi connectivity index (χ1v) is 8.40. The summed E-state index contributed by atoms with van der Waals surface area (Å²) in [7, 11) is 0. The van der Waals surface area contributed by atoms with E-state index in [1.54, 1.807) is 11.8 Å². The lowest BCUT2D eigenvalue weighted by molar-refractivity contribution is 0.0732. The number of hydrogen-bond donors (Lipinski definition) is 2. The van der Waals surface area contributed by atoms with Crippen molar-refractivity contribution in [3.05, 3.63) is 29.8 Å². The third-order valence-corrected chi connectivity index (χ3v) is 4.39. The number of nitrogens with zero attached hydrogens (tertiary/aromatic N) is 1. The summed E-state index contributed by atoms with van der Waals surface area (Å²) >= 11 is 0. The van der Waals surface area contributed by atoms with Gasteiger partial charge < -0.3 is 20.1 Å². The normalized spacial score (nSPS) is 20.7. The van der Waals surface area contributed by atoms with Gasteiger partial charge in [-0.3, -0.25) is 0 Å². The summed E-state index contributed by atoms with van der Waals surface area (Å²) in [6.45, 7) is 7.58. The highest BCUT2D eigenvalue weighted by Crippen LogP contribution is 2.20. The van der Waals surface area contributed by atoms with Crippen molar-refractivity contribution in [1.82, 2.24) is 10.2 Å². The molecule has 1 saturated heterocycles. The predicted octanol–water partition coefficient (Wildman–Crippen LogP) is 2.56. The van der Waals surface area contributed by atoms with Gasteiger partial charge in [0.25, 0.3) is 0 Å². The molecule has 2 N–H and O–H groups in total. The van der Waals surface area contributed by atoms with E-state index in [4.69, 9.17) is 4.74 Å². The SMILES string of the molecule is Cc1ccccc1OC(C)CNC(=O)N1CCCC(C(C)O)C1. The molecule has 5 nitrogen and oxygen atoms in total. The van der Waals surface area contributed by atoms with Crippen molar-refractivity contribution in [3.63, 3.8) is 0 Å². The van der Waals surface area contributed by atoms with Crippen molar-refractivity contribution in [2.75, 3.05) is 19.6 Å². The molecule has 1 aromatic carbocycles. The fraction of sp³-hybridized carbons (Fsp3) is 0.611. The van der Waals surface area contributed by atoms with Crippen molar-refractivity contribution in [2.24, 2.45) is 5.92 Å². The molecule has 0 aromatic heterocycles. The lowest BCUT2D eigenvalue weighted by Crippen LogP contribution is -2.49. The number of urea groups is 1. The molecule has 1 fully saturated rings. The van der Waals surface area contributed by atoms with Gasteiger partial charge in [0.05, 0.1) is 12.6 Å². The highest BCUT2D eigenvalue weighted by atomic mass is 16.5. The molecule has 2 amide bonds. The average Bonchev–Trinajstić information content (AvgIpc) is 2.55. The van der Waals surface area contributed by atoms with Crippen LogP contribution in [0.25, 0.3) is 0 Å². The largest absolute Gasteiger partial charge is 0.489 e. The van der Waals surface area contributed by atoms with Crippen molar-refractivity contribution in [1.29, 1.82) is 0 Å². The maximum absolute atomic E-state index is 12.3. The molecule has 1 aromatic rings. The van der Waals surface area contributed by atoms with Gasteiger partial charge in [-0.1, -0.05) is 18.2 Å².